The van der Waals surface area contributed by atoms with E-state index in [9.17, 15) is 18.4 Å². The van der Waals surface area contributed by atoms with E-state index in [4.69, 9.17) is 10.1 Å². The molecule has 0 atom stereocenters. The average Bonchev–Trinajstić information content (AvgIpc) is 3.06. The molecule has 2 aliphatic heterocycles. The van der Waals surface area contributed by atoms with E-state index in [1.165, 1.54) is 18.2 Å². The number of aromatic amines is 1. The van der Waals surface area contributed by atoms with E-state index >= 15 is 0 Å². The summed E-state index contributed by atoms with van der Waals surface area (Å²) < 4.78 is 33.8. The van der Waals surface area contributed by atoms with Crippen molar-refractivity contribution in [3.05, 3.63) is 122 Å². The zero-order valence-electron chi connectivity index (χ0n) is 27.4. The van der Waals surface area contributed by atoms with E-state index in [1.54, 1.807) is 18.3 Å². The monoisotopic (exact) mass is 653 g/mol. The van der Waals surface area contributed by atoms with Gasteiger partial charge in [0.15, 0.2) is 0 Å². The Bertz CT molecular complexity index is 1840. The summed E-state index contributed by atoms with van der Waals surface area (Å²) in [4.78, 5) is 33.0. The number of halogens is 2. The number of amides is 1. The molecular formula is C38H41F2N5O3. The molecule has 48 heavy (non-hydrogen) atoms. The van der Waals surface area contributed by atoms with Crippen molar-refractivity contribution >= 4 is 17.4 Å². The van der Waals surface area contributed by atoms with E-state index in [0.29, 0.717) is 46.9 Å². The number of amidine groups is 1. The zero-order valence-corrected chi connectivity index (χ0v) is 27.4. The van der Waals surface area contributed by atoms with E-state index in [1.807, 2.05) is 25.1 Å². The number of carbonyl (C=O) groups excluding carboxylic acids is 1. The number of nitrogens with one attached hydrogen (secondary N) is 3. The Balaban J connectivity index is 1.30. The number of rotatable bonds is 8. The Morgan fingerprint density at radius 3 is 2.35 bits per heavy atom. The number of ether oxygens (including phenoxy) is 1. The first kappa shape index (κ1) is 33.2. The van der Waals surface area contributed by atoms with Crippen LogP contribution in [-0.2, 0) is 17.6 Å². The van der Waals surface area contributed by atoms with E-state index in [-0.39, 0.29) is 23.7 Å². The number of nitrogens with zero attached hydrogens (tertiary/aromatic N) is 2. The second kappa shape index (κ2) is 14.6. The van der Waals surface area contributed by atoms with Crippen molar-refractivity contribution in [3.8, 4) is 11.1 Å². The highest BCUT2D eigenvalue weighted by molar-refractivity contribution is 6.12. The molecule has 2 saturated heterocycles. The number of hydrogen-bond donors (Lipinski definition) is 3. The van der Waals surface area contributed by atoms with Crippen molar-refractivity contribution in [2.45, 2.75) is 32.6 Å². The first-order chi connectivity index (χ1) is 23.1. The Hall–Kier alpha value is -4.67. The number of hydrogen-bond acceptors (Lipinski definition) is 6. The first-order valence-corrected chi connectivity index (χ1v) is 16.4. The van der Waals surface area contributed by atoms with Gasteiger partial charge >= 0.3 is 0 Å². The molecule has 0 bridgehead atoms. The molecular weight excluding hydrogens is 612 g/mol. The fourth-order valence-electron chi connectivity index (χ4n) is 6.69. The minimum atomic E-state index is -0.682. The molecule has 0 saturated carbocycles. The molecule has 2 aliphatic rings. The topological polar surface area (TPSA) is 102 Å². The molecule has 0 unspecified atom stereocenters. The molecule has 10 heteroatoms. The van der Waals surface area contributed by atoms with E-state index in [0.717, 1.165) is 73.9 Å². The van der Waals surface area contributed by atoms with Gasteiger partial charge in [0, 0.05) is 74.5 Å². The lowest BCUT2D eigenvalue weighted by Crippen LogP contribution is -2.44. The maximum absolute atomic E-state index is 14.1. The van der Waals surface area contributed by atoms with Gasteiger partial charge in [-0.2, -0.15) is 0 Å². The fourth-order valence-corrected chi connectivity index (χ4v) is 6.69. The van der Waals surface area contributed by atoms with Crippen LogP contribution in [0.5, 0.6) is 0 Å². The molecule has 0 spiro atoms. The molecule has 6 rings (SSSR count). The van der Waals surface area contributed by atoms with Crippen LogP contribution in [0.3, 0.4) is 0 Å². The Labute approximate surface area is 279 Å². The SMILES string of the molecule is Cc1cc(-c2ccc(=O)[nH]c2)c(Cc2cc(F)cc(F)c2)cc1C(=N)NC(=O)c1ccc(N2CCN(C)CC2)cc1CC1CCOCC1. The summed E-state index contributed by atoms with van der Waals surface area (Å²) in [6, 6.07) is 16.1. The number of benzene rings is 3. The lowest BCUT2D eigenvalue weighted by molar-refractivity contribution is 0.0664. The van der Waals surface area contributed by atoms with E-state index < -0.39 is 11.6 Å². The number of likely N-dealkylation sites (N-methyl/N-ethyl adjacent to an activating group) is 1. The molecule has 8 nitrogen and oxygen atoms in total. The lowest BCUT2D eigenvalue weighted by Gasteiger charge is -2.34. The Kier molecular flexibility index (Phi) is 10.1. The summed E-state index contributed by atoms with van der Waals surface area (Å²) in [5.41, 5.74) is 6.13. The van der Waals surface area contributed by atoms with Crippen molar-refractivity contribution in [2.75, 3.05) is 51.3 Å². The number of piperazine rings is 1. The fraction of sp³-hybridized carbons (Fsp3) is 0.342. The van der Waals surface area contributed by atoms with Gasteiger partial charge in [-0.1, -0.05) is 6.07 Å². The highest BCUT2D eigenvalue weighted by atomic mass is 19.1. The summed E-state index contributed by atoms with van der Waals surface area (Å²) in [5.74, 6) is -1.39. The predicted molar refractivity (Wildman–Crippen MR) is 184 cm³/mol. The van der Waals surface area contributed by atoms with Crippen LogP contribution in [0.15, 0.2) is 71.7 Å². The van der Waals surface area contributed by atoms with Gasteiger partial charge in [0.1, 0.15) is 17.5 Å². The molecule has 3 N–H and O–H groups in total. The maximum atomic E-state index is 14.1. The van der Waals surface area contributed by atoms with Crippen LogP contribution >= 0.6 is 0 Å². The predicted octanol–water partition coefficient (Wildman–Crippen LogP) is 5.70. The summed E-state index contributed by atoms with van der Waals surface area (Å²) >= 11 is 0. The largest absolute Gasteiger partial charge is 0.381 e. The number of aryl methyl sites for hydroxylation is 1. The highest BCUT2D eigenvalue weighted by Crippen LogP contribution is 2.30. The van der Waals surface area contributed by atoms with Gasteiger partial charge < -0.3 is 24.8 Å². The summed E-state index contributed by atoms with van der Waals surface area (Å²) in [7, 11) is 2.12. The van der Waals surface area contributed by atoms with Crippen molar-refractivity contribution in [1.82, 2.24) is 15.2 Å². The third kappa shape index (κ3) is 7.89. The van der Waals surface area contributed by atoms with Gasteiger partial charge in [-0.3, -0.25) is 15.0 Å². The van der Waals surface area contributed by atoms with Crippen LogP contribution in [-0.4, -0.2) is 68.1 Å². The van der Waals surface area contributed by atoms with Crippen LogP contribution < -0.4 is 15.8 Å². The average molecular weight is 654 g/mol. The number of carbonyl (C=O) groups is 1. The molecule has 0 aliphatic carbocycles. The van der Waals surface area contributed by atoms with Crippen molar-refractivity contribution in [1.29, 1.82) is 5.41 Å². The van der Waals surface area contributed by atoms with Gasteiger partial charge in [-0.05, 0) is 121 Å². The number of aromatic nitrogens is 1. The van der Waals surface area contributed by atoms with Gasteiger partial charge in [-0.25, -0.2) is 8.78 Å². The quantitative estimate of drug-likeness (QED) is 0.168. The van der Waals surface area contributed by atoms with Crippen LogP contribution in [0.4, 0.5) is 14.5 Å². The molecule has 3 heterocycles. The number of H-pyrrole nitrogens is 1. The van der Waals surface area contributed by atoms with Gasteiger partial charge in [0.2, 0.25) is 5.56 Å². The van der Waals surface area contributed by atoms with Gasteiger partial charge in [0.25, 0.3) is 5.91 Å². The summed E-state index contributed by atoms with van der Waals surface area (Å²) in [6.07, 6.45) is 4.39. The Morgan fingerprint density at radius 2 is 1.67 bits per heavy atom. The molecule has 3 aromatic carbocycles. The van der Waals surface area contributed by atoms with E-state index in [2.05, 4.69) is 33.2 Å². The summed E-state index contributed by atoms with van der Waals surface area (Å²) in [5, 5.41) is 11.9. The third-order valence-corrected chi connectivity index (χ3v) is 9.42. The Morgan fingerprint density at radius 1 is 0.938 bits per heavy atom. The molecule has 0 radical (unpaired) electrons. The maximum Gasteiger partial charge on any atom is 0.257 e. The number of pyridine rings is 1. The van der Waals surface area contributed by atoms with Gasteiger partial charge in [0.05, 0.1) is 0 Å². The zero-order chi connectivity index (χ0) is 33.8. The van der Waals surface area contributed by atoms with Crippen LogP contribution in [0.25, 0.3) is 11.1 Å². The second-order valence-electron chi connectivity index (χ2n) is 12.9. The van der Waals surface area contributed by atoms with Crippen molar-refractivity contribution in [3.63, 3.8) is 0 Å². The third-order valence-electron chi connectivity index (χ3n) is 9.42. The first-order valence-electron chi connectivity index (χ1n) is 16.4. The number of anilines is 1. The molecule has 4 aromatic rings. The molecule has 250 valence electrons. The van der Waals surface area contributed by atoms with Crippen LogP contribution in [0.2, 0.25) is 0 Å². The van der Waals surface area contributed by atoms with Crippen molar-refractivity contribution in [2.24, 2.45) is 5.92 Å². The standard InChI is InChI=1S/C38H41F2N5O3/c1-24-15-35(27-3-6-36(46)42-23-27)29(17-26-18-30(39)22-31(40)19-26)21-34(24)37(41)43-38(47)33-5-4-32(45-11-9-44(2)10-12-45)20-28(33)16-25-7-13-48-14-8-25/h3-6,15,18-23,25H,7-14,16-17H2,1-2H3,(H,42,46)(H2,41,43,47). The normalized spacial score (nSPS) is 15.8. The van der Waals surface area contributed by atoms with Crippen LogP contribution in [0.1, 0.15) is 51.0 Å². The summed E-state index contributed by atoms with van der Waals surface area (Å²) in [6.45, 7) is 7.07. The minimum absolute atomic E-state index is 0.0719. The highest BCUT2D eigenvalue weighted by Gasteiger charge is 2.23. The smallest absolute Gasteiger partial charge is 0.257 e. The molecule has 1 aromatic heterocycles. The second-order valence-corrected chi connectivity index (χ2v) is 12.9. The molecule has 2 fully saturated rings. The lowest BCUT2D eigenvalue weighted by atomic mass is 9.89. The minimum Gasteiger partial charge on any atom is -0.381 e. The van der Waals surface area contributed by atoms with Crippen LogP contribution in [0, 0.1) is 29.9 Å². The van der Waals surface area contributed by atoms with Crippen molar-refractivity contribution < 1.29 is 18.3 Å². The van der Waals surface area contributed by atoms with Gasteiger partial charge in [-0.15, -0.1) is 0 Å². The molecule has 1 amide bonds.